The average molecular weight is 386 g/mol. The van der Waals surface area contributed by atoms with Crippen LogP contribution in [0, 0.1) is 5.41 Å². The van der Waals surface area contributed by atoms with Crippen molar-refractivity contribution in [2.24, 2.45) is 5.41 Å². The highest BCUT2D eigenvalue weighted by Gasteiger charge is 2.44. The first kappa shape index (κ1) is 18.8. The van der Waals surface area contributed by atoms with Crippen LogP contribution >= 0.6 is 23.2 Å². The van der Waals surface area contributed by atoms with Crippen LogP contribution in [0.4, 0.5) is 0 Å². The summed E-state index contributed by atoms with van der Waals surface area (Å²) in [6.07, 6.45) is 6.72. The van der Waals surface area contributed by atoms with E-state index in [9.17, 15) is 4.79 Å². The van der Waals surface area contributed by atoms with Gasteiger partial charge in [-0.15, -0.1) is 0 Å². The smallest absolute Gasteiger partial charge is 0.220 e. The van der Waals surface area contributed by atoms with Gasteiger partial charge in [0.05, 0.1) is 11.6 Å². The van der Waals surface area contributed by atoms with E-state index in [2.05, 4.69) is 5.32 Å². The van der Waals surface area contributed by atoms with Crippen LogP contribution in [0.15, 0.2) is 18.2 Å². The quantitative estimate of drug-likeness (QED) is 0.726. The maximum atomic E-state index is 12.3. The van der Waals surface area contributed by atoms with Crippen LogP contribution in [0.2, 0.25) is 10.0 Å². The molecule has 3 rings (SSSR count). The summed E-state index contributed by atoms with van der Waals surface area (Å²) in [5.74, 6) is 0.671. The van der Waals surface area contributed by atoms with E-state index in [4.69, 9.17) is 32.7 Å². The van der Waals surface area contributed by atoms with Gasteiger partial charge in [-0.2, -0.15) is 0 Å². The third kappa shape index (κ3) is 4.60. The number of benzene rings is 1. The number of carbonyl (C=O) groups excluding carboxylic acids is 1. The number of amides is 1. The molecule has 0 radical (unpaired) electrons. The highest BCUT2D eigenvalue weighted by molar-refractivity contribution is 6.42. The zero-order valence-corrected chi connectivity index (χ0v) is 15.9. The Labute approximate surface area is 159 Å². The van der Waals surface area contributed by atoms with Gasteiger partial charge >= 0.3 is 0 Å². The van der Waals surface area contributed by atoms with Crippen molar-refractivity contribution < 1.29 is 14.3 Å². The van der Waals surface area contributed by atoms with Gasteiger partial charge in [-0.25, -0.2) is 0 Å². The molecule has 1 atom stereocenters. The lowest BCUT2D eigenvalue weighted by molar-refractivity contribution is -0.123. The Balaban J connectivity index is 1.41. The van der Waals surface area contributed by atoms with E-state index in [1.165, 1.54) is 12.8 Å². The monoisotopic (exact) mass is 385 g/mol. The van der Waals surface area contributed by atoms with E-state index in [-0.39, 0.29) is 11.3 Å². The summed E-state index contributed by atoms with van der Waals surface area (Å²) >= 11 is 12.0. The van der Waals surface area contributed by atoms with Gasteiger partial charge in [-0.05, 0) is 49.7 Å². The van der Waals surface area contributed by atoms with Gasteiger partial charge in [-0.1, -0.05) is 35.7 Å². The Hall–Kier alpha value is -0.970. The largest absolute Gasteiger partial charge is 0.492 e. The number of nitrogens with one attached hydrogen (secondary N) is 1. The molecule has 1 aromatic carbocycles. The molecule has 1 aromatic rings. The molecule has 1 aliphatic carbocycles. The summed E-state index contributed by atoms with van der Waals surface area (Å²) in [6, 6.07) is 5.59. The van der Waals surface area contributed by atoms with Crippen LogP contribution < -0.4 is 10.1 Å². The summed E-state index contributed by atoms with van der Waals surface area (Å²) in [4.78, 5) is 12.3. The fourth-order valence-corrected chi connectivity index (χ4v) is 4.36. The van der Waals surface area contributed by atoms with E-state index >= 15 is 0 Å². The number of hydrogen-bond acceptors (Lipinski definition) is 3. The lowest BCUT2D eigenvalue weighted by Gasteiger charge is -2.39. The number of rotatable bonds is 6. The SMILES string of the molecule is O=C(CCCOc1cccc(Cl)c1Cl)NC1CCCC12CCOCC2. The van der Waals surface area contributed by atoms with Gasteiger partial charge in [-0.3, -0.25) is 4.79 Å². The molecule has 1 amide bonds. The van der Waals surface area contributed by atoms with E-state index in [1.54, 1.807) is 18.2 Å². The fourth-order valence-electron chi connectivity index (χ4n) is 4.02. The molecule has 4 nitrogen and oxygen atoms in total. The van der Waals surface area contributed by atoms with Gasteiger partial charge in [0.15, 0.2) is 0 Å². The molecule has 1 heterocycles. The molecule has 1 saturated heterocycles. The molecular weight excluding hydrogens is 361 g/mol. The van der Waals surface area contributed by atoms with Crippen molar-refractivity contribution in [3.63, 3.8) is 0 Å². The molecule has 1 spiro atoms. The topological polar surface area (TPSA) is 47.6 Å². The molecular formula is C19H25Cl2NO3. The van der Waals surface area contributed by atoms with Crippen molar-refractivity contribution in [3.8, 4) is 5.75 Å². The Morgan fingerprint density at radius 2 is 2.08 bits per heavy atom. The van der Waals surface area contributed by atoms with Gasteiger partial charge in [0.25, 0.3) is 0 Å². The normalized spacial score (nSPS) is 22.1. The van der Waals surface area contributed by atoms with Gasteiger partial charge in [0.2, 0.25) is 5.91 Å². The Morgan fingerprint density at radius 3 is 2.88 bits per heavy atom. The predicted molar refractivity (Wildman–Crippen MR) is 99.5 cm³/mol. The minimum Gasteiger partial charge on any atom is -0.492 e. The van der Waals surface area contributed by atoms with Crippen LogP contribution in [0.1, 0.15) is 44.9 Å². The molecule has 0 aromatic heterocycles. The van der Waals surface area contributed by atoms with Crippen LogP contribution in [0.5, 0.6) is 5.75 Å². The second-order valence-electron chi connectivity index (χ2n) is 6.99. The molecule has 2 aliphatic rings. The molecule has 2 fully saturated rings. The molecule has 138 valence electrons. The second-order valence-corrected chi connectivity index (χ2v) is 7.78. The Morgan fingerprint density at radius 1 is 1.28 bits per heavy atom. The minimum atomic E-state index is 0.110. The van der Waals surface area contributed by atoms with Gasteiger partial charge in [0, 0.05) is 25.7 Å². The lowest BCUT2D eigenvalue weighted by atomic mass is 9.75. The summed E-state index contributed by atoms with van der Waals surface area (Å²) < 4.78 is 11.1. The highest BCUT2D eigenvalue weighted by Crippen LogP contribution is 2.46. The molecule has 1 aliphatic heterocycles. The molecule has 1 N–H and O–H groups in total. The molecule has 1 saturated carbocycles. The second kappa shape index (κ2) is 8.61. The summed E-state index contributed by atoms with van der Waals surface area (Å²) in [5.41, 5.74) is 0.263. The minimum absolute atomic E-state index is 0.110. The standard InChI is InChI=1S/C19H25Cl2NO3/c20-14-4-1-5-15(18(14)21)25-11-3-7-17(23)22-16-6-2-8-19(16)9-12-24-13-10-19/h1,4-5,16H,2-3,6-13H2,(H,22,23). The highest BCUT2D eigenvalue weighted by atomic mass is 35.5. The van der Waals surface area contributed by atoms with Crippen LogP contribution in [0.3, 0.4) is 0 Å². The van der Waals surface area contributed by atoms with E-state index in [1.807, 2.05) is 0 Å². The van der Waals surface area contributed by atoms with Crippen molar-refractivity contribution in [3.05, 3.63) is 28.2 Å². The van der Waals surface area contributed by atoms with E-state index in [0.717, 1.165) is 32.5 Å². The first-order chi connectivity index (χ1) is 12.1. The third-order valence-corrected chi connectivity index (χ3v) is 6.25. The third-order valence-electron chi connectivity index (χ3n) is 5.45. The zero-order chi connectivity index (χ0) is 17.7. The Kier molecular flexibility index (Phi) is 6.48. The molecule has 25 heavy (non-hydrogen) atoms. The van der Waals surface area contributed by atoms with Gasteiger partial charge in [0.1, 0.15) is 10.8 Å². The number of ether oxygens (including phenoxy) is 2. The summed E-state index contributed by atoms with van der Waals surface area (Å²) in [5, 5.41) is 4.15. The average Bonchev–Trinajstić information content (AvgIpc) is 2.97. The molecule has 0 bridgehead atoms. The maximum Gasteiger partial charge on any atom is 0.220 e. The first-order valence-corrected chi connectivity index (χ1v) is 9.80. The summed E-state index contributed by atoms with van der Waals surface area (Å²) in [6.45, 7) is 2.08. The van der Waals surface area contributed by atoms with Crippen molar-refractivity contribution in [2.45, 2.75) is 51.0 Å². The maximum absolute atomic E-state index is 12.3. The van der Waals surface area contributed by atoms with Crippen molar-refractivity contribution >= 4 is 29.1 Å². The van der Waals surface area contributed by atoms with Crippen LogP contribution in [-0.2, 0) is 9.53 Å². The fraction of sp³-hybridized carbons (Fsp3) is 0.632. The van der Waals surface area contributed by atoms with E-state index < -0.39 is 0 Å². The zero-order valence-electron chi connectivity index (χ0n) is 14.4. The lowest BCUT2D eigenvalue weighted by Crippen LogP contribution is -2.47. The van der Waals surface area contributed by atoms with Crippen molar-refractivity contribution in [2.75, 3.05) is 19.8 Å². The first-order valence-electron chi connectivity index (χ1n) is 9.05. The molecule has 6 heteroatoms. The molecule has 1 unspecified atom stereocenters. The number of carbonyl (C=O) groups is 1. The summed E-state index contributed by atoms with van der Waals surface area (Å²) in [7, 11) is 0. The van der Waals surface area contributed by atoms with E-state index in [0.29, 0.717) is 41.3 Å². The van der Waals surface area contributed by atoms with Crippen molar-refractivity contribution in [1.29, 1.82) is 0 Å². The number of halogens is 2. The Bertz CT molecular complexity index is 602. The van der Waals surface area contributed by atoms with Crippen molar-refractivity contribution in [1.82, 2.24) is 5.32 Å². The van der Waals surface area contributed by atoms with Gasteiger partial charge < -0.3 is 14.8 Å². The number of hydrogen-bond donors (Lipinski definition) is 1. The van der Waals surface area contributed by atoms with Crippen LogP contribution in [0.25, 0.3) is 0 Å². The van der Waals surface area contributed by atoms with Crippen LogP contribution in [-0.4, -0.2) is 31.8 Å². The predicted octanol–water partition coefficient (Wildman–Crippen LogP) is 4.62.